The van der Waals surface area contributed by atoms with Crippen molar-refractivity contribution in [3.05, 3.63) is 41.7 Å². The molecule has 0 aliphatic rings. The van der Waals surface area contributed by atoms with E-state index < -0.39 is 24.7 Å². The molecule has 148 valence electrons. The number of methoxy groups -OCH3 is 2. The van der Waals surface area contributed by atoms with Gasteiger partial charge in [-0.2, -0.15) is 4.57 Å². The molecular formula is C17H20BF4NO4. The van der Waals surface area contributed by atoms with Crippen LogP contribution in [-0.4, -0.2) is 33.4 Å². The van der Waals surface area contributed by atoms with E-state index in [-0.39, 0.29) is 11.3 Å². The number of carbonyl (C=O) groups excluding carboxylic acids is 2. The molecule has 0 spiro atoms. The maximum atomic E-state index is 12.3. The van der Waals surface area contributed by atoms with E-state index in [1.807, 2.05) is 45.2 Å². The zero-order valence-electron chi connectivity index (χ0n) is 15.6. The Balaban J connectivity index is 0.000000646. The maximum absolute atomic E-state index is 12.3. The van der Waals surface area contributed by atoms with E-state index in [9.17, 15) is 26.9 Å². The molecule has 2 aromatic rings. The van der Waals surface area contributed by atoms with E-state index in [1.54, 1.807) is 10.6 Å². The summed E-state index contributed by atoms with van der Waals surface area (Å²) in [6.45, 7) is 5.86. The SMILES string of the molecule is COC(=O)c1c(C(=O)OC)[n+](C(C)(C)C)cc2ccccc12.F[B-](F)(F)F. The van der Waals surface area contributed by atoms with Gasteiger partial charge < -0.3 is 26.7 Å². The van der Waals surface area contributed by atoms with Crippen molar-refractivity contribution in [1.29, 1.82) is 0 Å². The zero-order valence-corrected chi connectivity index (χ0v) is 15.6. The summed E-state index contributed by atoms with van der Waals surface area (Å²) in [5, 5.41) is 1.51. The molecule has 0 aliphatic carbocycles. The van der Waals surface area contributed by atoms with Crippen LogP contribution in [0.15, 0.2) is 30.5 Å². The number of carbonyl (C=O) groups is 2. The number of pyridine rings is 1. The van der Waals surface area contributed by atoms with Crippen molar-refractivity contribution >= 4 is 30.0 Å². The Kier molecular flexibility index (Phi) is 6.94. The van der Waals surface area contributed by atoms with E-state index in [0.717, 1.165) is 5.39 Å². The number of hydrogen-bond acceptors (Lipinski definition) is 4. The van der Waals surface area contributed by atoms with Crippen LogP contribution in [0.4, 0.5) is 17.3 Å². The predicted octanol–water partition coefficient (Wildman–Crippen LogP) is 3.76. The van der Waals surface area contributed by atoms with Crippen molar-refractivity contribution in [2.45, 2.75) is 26.3 Å². The van der Waals surface area contributed by atoms with Gasteiger partial charge >= 0.3 is 24.9 Å². The van der Waals surface area contributed by atoms with E-state index in [0.29, 0.717) is 5.39 Å². The number of fused-ring (bicyclic) bond motifs is 1. The Bertz CT molecular complexity index is 841. The monoisotopic (exact) mass is 389 g/mol. The third kappa shape index (κ3) is 5.94. The smallest absolute Gasteiger partial charge is 0.465 e. The molecule has 0 N–H and O–H groups in total. The van der Waals surface area contributed by atoms with Gasteiger partial charge in [0.25, 0.3) is 0 Å². The number of esters is 2. The first-order chi connectivity index (χ1) is 12.3. The minimum absolute atomic E-state index is 0.195. The highest BCUT2D eigenvalue weighted by atomic mass is 19.5. The van der Waals surface area contributed by atoms with Crippen LogP contribution in [-0.2, 0) is 15.0 Å². The number of rotatable bonds is 2. The Hall–Kier alpha value is -2.65. The van der Waals surface area contributed by atoms with Crippen molar-refractivity contribution in [2.75, 3.05) is 14.2 Å². The van der Waals surface area contributed by atoms with Crippen LogP contribution in [0.25, 0.3) is 10.8 Å². The Morgan fingerprint density at radius 3 is 1.89 bits per heavy atom. The standard InChI is InChI=1S/C17H20NO4.BF4/c1-17(2,3)18-10-11-8-6-7-9-12(11)13(15(19)21-4)14(18)16(20)22-5;2-1(3,4)5/h6-10H,1-5H3;/q+1;-1. The van der Waals surface area contributed by atoms with Crippen LogP contribution in [0.5, 0.6) is 0 Å². The first-order valence-electron chi connectivity index (χ1n) is 7.83. The van der Waals surface area contributed by atoms with Gasteiger partial charge in [-0.25, -0.2) is 9.59 Å². The number of halogens is 4. The summed E-state index contributed by atoms with van der Waals surface area (Å²) in [6.07, 6.45) is 1.86. The highest BCUT2D eigenvalue weighted by Gasteiger charge is 2.37. The van der Waals surface area contributed by atoms with Crippen molar-refractivity contribution in [1.82, 2.24) is 0 Å². The number of nitrogens with zero attached hydrogens (tertiary/aromatic N) is 1. The van der Waals surface area contributed by atoms with Crippen molar-refractivity contribution in [2.24, 2.45) is 0 Å². The lowest BCUT2D eigenvalue weighted by molar-refractivity contribution is -0.754. The second-order valence-corrected chi connectivity index (χ2v) is 6.46. The summed E-state index contributed by atoms with van der Waals surface area (Å²) in [5.41, 5.74) is 0.0130. The highest BCUT2D eigenvalue weighted by Crippen LogP contribution is 2.23. The van der Waals surface area contributed by atoms with Gasteiger partial charge in [-0.05, 0) is 6.07 Å². The number of ether oxygens (including phenoxy) is 2. The third-order valence-electron chi connectivity index (χ3n) is 3.47. The number of benzene rings is 1. The van der Waals surface area contributed by atoms with E-state index in [2.05, 4.69) is 0 Å². The second-order valence-electron chi connectivity index (χ2n) is 6.46. The molecule has 0 aliphatic heterocycles. The van der Waals surface area contributed by atoms with E-state index in [4.69, 9.17) is 9.47 Å². The van der Waals surface area contributed by atoms with Gasteiger partial charge in [0.2, 0.25) is 0 Å². The molecule has 0 fully saturated rings. The van der Waals surface area contributed by atoms with Gasteiger partial charge in [-0.15, -0.1) is 0 Å². The molecule has 5 nitrogen and oxygen atoms in total. The molecular weight excluding hydrogens is 369 g/mol. The summed E-state index contributed by atoms with van der Waals surface area (Å²) >= 11 is 0. The molecule has 1 heterocycles. The van der Waals surface area contributed by atoms with Crippen molar-refractivity contribution in [3.8, 4) is 0 Å². The lowest BCUT2D eigenvalue weighted by atomic mass is 9.99. The minimum atomic E-state index is -6.00. The highest BCUT2D eigenvalue weighted by molar-refractivity contribution is 6.50. The zero-order chi connectivity index (χ0) is 21.0. The lowest BCUT2D eigenvalue weighted by Gasteiger charge is -2.18. The largest absolute Gasteiger partial charge is 0.673 e. The van der Waals surface area contributed by atoms with E-state index >= 15 is 0 Å². The minimum Gasteiger partial charge on any atom is -0.465 e. The fourth-order valence-corrected chi connectivity index (χ4v) is 2.42. The topological polar surface area (TPSA) is 56.5 Å². The van der Waals surface area contributed by atoms with Crippen LogP contribution in [0.2, 0.25) is 0 Å². The summed E-state index contributed by atoms with van der Waals surface area (Å²) in [5.74, 6) is -1.13. The summed E-state index contributed by atoms with van der Waals surface area (Å²) in [6, 6.07) is 7.39. The molecule has 27 heavy (non-hydrogen) atoms. The van der Waals surface area contributed by atoms with Crippen molar-refractivity contribution in [3.63, 3.8) is 0 Å². The van der Waals surface area contributed by atoms with Gasteiger partial charge in [-0.3, -0.25) is 0 Å². The molecule has 1 aromatic heterocycles. The van der Waals surface area contributed by atoms with Crippen LogP contribution in [0, 0.1) is 0 Å². The Labute approximate surface area is 154 Å². The molecule has 1 aromatic carbocycles. The molecule has 10 heteroatoms. The van der Waals surface area contributed by atoms with Gasteiger partial charge in [0.1, 0.15) is 5.56 Å². The van der Waals surface area contributed by atoms with Crippen LogP contribution in [0.1, 0.15) is 41.6 Å². The fraction of sp³-hybridized carbons (Fsp3) is 0.353. The van der Waals surface area contributed by atoms with Gasteiger partial charge in [0, 0.05) is 31.5 Å². The maximum Gasteiger partial charge on any atom is 0.673 e. The lowest BCUT2D eigenvalue weighted by Crippen LogP contribution is -2.55. The third-order valence-corrected chi connectivity index (χ3v) is 3.47. The quantitative estimate of drug-likeness (QED) is 0.340. The van der Waals surface area contributed by atoms with E-state index in [1.165, 1.54) is 14.2 Å². The second kappa shape index (κ2) is 8.36. The normalized spacial score (nSPS) is 11.4. The first kappa shape index (κ1) is 22.4. The van der Waals surface area contributed by atoms with Crippen LogP contribution in [0.3, 0.4) is 0 Å². The summed E-state index contributed by atoms with van der Waals surface area (Å²) in [7, 11) is -3.40. The Morgan fingerprint density at radius 1 is 0.963 bits per heavy atom. The van der Waals surface area contributed by atoms with Crippen LogP contribution < -0.4 is 4.57 Å². The molecule has 0 saturated carbocycles. The summed E-state index contributed by atoms with van der Waals surface area (Å²) in [4.78, 5) is 24.6. The van der Waals surface area contributed by atoms with Crippen LogP contribution >= 0.6 is 0 Å². The number of hydrogen-bond donors (Lipinski definition) is 0. The molecule has 0 bridgehead atoms. The molecule has 0 atom stereocenters. The first-order valence-corrected chi connectivity index (χ1v) is 7.83. The molecule has 0 amide bonds. The van der Waals surface area contributed by atoms with Crippen molar-refractivity contribution < 1.29 is 40.9 Å². The van der Waals surface area contributed by atoms with Gasteiger partial charge in [0.15, 0.2) is 11.7 Å². The molecule has 0 saturated heterocycles. The average molecular weight is 389 g/mol. The summed E-state index contributed by atoms with van der Waals surface area (Å²) < 4.78 is 50.5. The van der Waals surface area contributed by atoms with Gasteiger partial charge in [0.05, 0.1) is 14.2 Å². The average Bonchev–Trinajstić information content (AvgIpc) is 2.56. The van der Waals surface area contributed by atoms with Gasteiger partial charge in [-0.1, -0.05) is 18.2 Å². The molecule has 0 unspecified atom stereocenters. The predicted molar refractivity (Wildman–Crippen MR) is 92.0 cm³/mol. The molecule has 2 rings (SSSR count). The fourth-order valence-electron chi connectivity index (χ4n) is 2.42. The number of aromatic nitrogens is 1. The molecule has 0 radical (unpaired) electrons. The Morgan fingerprint density at radius 2 is 1.44 bits per heavy atom.